The molecule has 1 saturated carbocycles. The number of aromatic nitrogens is 3. The summed E-state index contributed by atoms with van der Waals surface area (Å²) in [6, 6.07) is 0.469. The molecule has 2 heterocycles. The molecule has 0 aromatic carbocycles. The third kappa shape index (κ3) is 3.71. The van der Waals surface area contributed by atoms with Crippen LogP contribution in [0, 0.1) is 4.77 Å². The van der Waals surface area contributed by atoms with Crippen molar-refractivity contribution in [3.8, 4) is 0 Å². The van der Waals surface area contributed by atoms with Crippen LogP contribution in [0.25, 0.3) is 0 Å². The van der Waals surface area contributed by atoms with Gasteiger partial charge in [-0.15, -0.1) is 0 Å². The van der Waals surface area contributed by atoms with E-state index in [-0.39, 0.29) is 12.0 Å². The Labute approximate surface area is 129 Å². The van der Waals surface area contributed by atoms with Crippen LogP contribution in [-0.2, 0) is 16.1 Å². The zero-order valence-electron chi connectivity index (χ0n) is 12.3. The number of H-pyrrole nitrogens is 1. The van der Waals surface area contributed by atoms with E-state index in [0.29, 0.717) is 29.9 Å². The number of nitrogens with one attached hydrogen (secondary N) is 2. The summed E-state index contributed by atoms with van der Waals surface area (Å²) in [5.74, 6) is 0.871. The Morgan fingerprint density at radius 3 is 2.95 bits per heavy atom. The van der Waals surface area contributed by atoms with Crippen LogP contribution >= 0.6 is 12.2 Å². The van der Waals surface area contributed by atoms with Crippen molar-refractivity contribution in [3.63, 3.8) is 0 Å². The predicted molar refractivity (Wildman–Crippen MR) is 80.3 cm³/mol. The third-order valence-corrected chi connectivity index (χ3v) is 4.43. The lowest BCUT2D eigenvalue weighted by Crippen LogP contribution is -2.25. The summed E-state index contributed by atoms with van der Waals surface area (Å²) in [4.78, 5) is 11.9. The number of ether oxygens (including phenoxy) is 1. The summed E-state index contributed by atoms with van der Waals surface area (Å²) in [5, 5.41) is 9.94. The van der Waals surface area contributed by atoms with Crippen LogP contribution in [0.1, 0.15) is 57.3 Å². The average molecular weight is 310 g/mol. The van der Waals surface area contributed by atoms with Crippen molar-refractivity contribution in [2.45, 2.75) is 70.2 Å². The first-order valence-electron chi connectivity index (χ1n) is 7.71. The fourth-order valence-corrected chi connectivity index (χ4v) is 3.13. The van der Waals surface area contributed by atoms with E-state index in [2.05, 4.69) is 22.4 Å². The minimum atomic E-state index is 0.0504. The lowest BCUT2D eigenvalue weighted by atomic mass is 10.1. The largest absolute Gasteiger partial charge is 0.375 e. The maximum Gasteiger partial charge on any atom is 0.220 e. The van der Waals surface area contributed by atoms with Crippen LogP contribution in [0.15, 0.2) is 0 Å². The van der Waals surface area contributed by atoms with Gasteiger partial charge in [0, 0.05) is 12.5 Å². The highest BCUT2D eigenvalue weighted by Gasteiger charge is 2.27. The lowest BCUT2D eigenvalue weighted by molar-refractivity contribution is -0.122. The Morgan fingerprint density at radius 1 is 1.48 bits per heavy atom. The third-order valence-electron chi connectivity index (χ3n) is 4.15. The molecule has 2 N–H and O–H groups in total. The van der Waals surface area contributed by atoms with E-state index in [0.717, 1.165) is 37.9 Å². The van der Waals surface area contributed by atoms with E-state index < -0.39 is 0 Å². The molecular formula is C14H22N4O2S. The molecule has 7 heteroatoms. The second kappa shape index (κ2) is 6.27. The molecule has 2 fully saturated rings. The SMILES string of the molecule is C[C@H]1CC[C@@H](CCC(=O)NCc2n[nH]c(=S)n2C2CC2)O1. The molecule has 0 bridgehead atoms. The van der Waals surface area contributed by atoms with Gasteiger partial charge in [0.05, 0.1) is 18.8 Å². The van der Waals surface area contributed by atoms with Gasteiger partial charge in [-0.3, -0.25) is 14.5 Å². The molecule has 1 aliphatic carbocycles. The van der Waals surface area contributed by atoms with Gasteiger partial charge in [0.25, 0.3) is 0 Å². The van der Waals surface area contributed by atoms with E-state index in [4.69, 9.17) is 17.0 Å². The zero-order chi connectivity index (χ0) is 14.8. The van der Waals surface area contributed by atoms with E-state index in [1.54, 1.807) is 0 Å². The summed E-state index contributed by atoms with van der Waals surface area (Å²) >= 11 is 5.22. The molecule has 1 aliphatic heterocycles. The van der Waals surface area contributed by atoms with Crippen molar-refractivity contribution in [1.82, 2.24) is 20.1 Å². The van der Waals surface area contributed by atoms with Gasteiger partial charge < -0.3 is 10.1 Å². The minimum absolute atomic E-state index is 0.0504. The molecular weight excluding hydrogens is 288 g/mol. The van der Waals surface area contributed by atoms with Crippen molar-refractivity contribution >= 4 is 18.1 Å². The fraction of sp³-hybridized carbons (Fsp3) is 0.786. The second-order valence-electron chi connectivity index (χ2n) is 6.01. The first kappa shape index (κ1) is 14.7. The summed E-state index contributed by atoms with van der Waals surface area (Å²) in [6.45, 7) is 2.52. The summed E-state index contributed by atoms with van der Waals surface area (Å²) in [5.41, 5.74) is 0. The van der Waals surface area contributed by atoms with Gasteiger partial charge in [0.1, 0.15) is 0 Å². The van der Waals surface area contributed by atoms with Crippen LogP contribution in [0.5, 0.6) is 0 Å². The Bertz CT molecular complexity index is 564. The number of rotatable bonds is 6. The topological polar surface area (TPSA) is 71.9 Å². The number of aromatic amines is 1. The summed E-state index contributed by atoms with van der Waals surface area (Å²) in [6.07, 6.45) is 6.34. The van der Waals surface area contributed by atoms with Crippen molar-refractivity contribution in [2.24, 2.45) is 0 Å². The van der Waals surface area contributed by atoms with Crippen molar-refractivity contribution < 1.29 is 9.53 Å². The monoisotopic (exact) mass is 310 g/mol. The number of hydrogen-bond donors (Lipinski definition) is 2. The van der Waals surface area contributed by atoms with Gasteiger partial charge in [-0.25, -0.2) is 0 Å². The summed E-state index contributed by atoms with van der Waals surface area (Å²) < 4.78 is 8.39. The molecule has 2 aliphatic rings. The van der Waals surface area contributed by atoms with Crippen LogP contribution in [0.3, 0.4) is 0 Å². The molecule has 6 nitrogen and oxygen atoms in total. The first-order valence-corrected chi connectivity index (χ1v) is 8.12. The van der Waals surface area contributed by atoms with Gasteiger partial charge in [0.2, 0.25) is 5.91 Å². The molecule has 1 amide bonds. The maximum atomic E-state index is 11.9. The Kier molecular flexibility index (Phi) is 4.40. The smallest absolute Gasteiger partial charge is 0.220 e. The van der Waals surface area contributed by atoms with Crippen LogP contribution in [0.2, 0.25) is 0 Å². The predicted octanol–water partition coefficient (Wildman–Crippen LogP) is 2.24. The lowest BCUT2D eigenvalue weighted by Gasteiger charge is -2.11. The van der Waals surface area contributed by atoms with Gasteiger partial charge in [0.15, 0.2) is 10.6 Å². The fourth-order valence-electron chi connectivity index (χ4n) is 2.83. The molecule has 1 aromatic heterocycles. The normalized spacial score (nSPS) is 25.2. The van der Waals surface area contributed by atoms with Crippen LogP contribution in [0.4, 0.5) is 0 Å². The van der Waals surface area contributed by atoms with Gasteiger partial charge in [-0.1, -0.05) is 0 Å². The maximum absolute atomic E-state index is 11.9. The Balaban J connectivity index is 1.44. The van der Waals surface area contributed by atoms with Gasteiger partial charge in [-0.2, -0.15) is 5.10 Å². The number of amides is 1. The van der Waals surface area contributed by atoms with Gasteiger partial charge in [-0.05, 0) is 51.2 Å². The highest BCUT2D eigenvalue weighted by atomic mass is 32.1. The van der Waals surface area contributed by atoms with Crippen molar-refractivity contribution in [1.29, 1.82) is 0 Å². The number of hydrogen-bond acceptors (Lipinski definition) is 4. The van der Waals surface area contributed by atoms with Crippen molar-refractivity contribution in [2.75, 3.05) is 0 Å². The zero-order valence-corrected chi connectivity index (χ0v) is 13.1. The number of carbonyl (C=O) groups is 1. The molecule has 0 radical (unpaired) electrons. The van der Waals surface area contributed by atoms with E-state index in [9.17, 15) is 4.79 Å². The van der Waals surface area contributed by atoms with E-state index in [1.165, 1.54) is 0 Å². The quantitative estimate of drug-likeness (QED) is 0.791. The molecule has 2 atom stereocenters. The number of nitrogens with zero attached hydrogens (tertiary/aromatic N) is 2. The first-order chi connectivity index (χ1) is 10.1. The minimum Gasteiger partial charge on any atom is -0.375 e. The van der Waals surface area contributed by atoms with E-state index in [1.807, 2.05) is 4.57 Å². The molecule has 21 heavy (non-hydrogen) atoms. The van der Waals surface area contributed by atoms with Gasteiger partial charge >= 0.3 is 0 Å². The second-order valence-corrected chi connectivity index (χ2v) is 6.39. The average Bonchev–Trinajstić information content (AvgIpc) is 3.10. The highest BCUT2D eigenvalue weighted by molar-refractivity contribution is 7.71. The molecule has 0 spiro atoms. The van der Waals surface area contributed by atoms with Crippen LogP contribution < -0.4 is 5.32 Å². The number of carbonyl (C=O) groups excluding carboxylic acids is 1. The Morgan fingerprint density at radius 2 is 2.29 bits per heavy atom. The highest BCUT2D eigenvalue weighted by Crippen LogP contribution is 2.35. The molecule has 1 aromatic rings. The van der Waals surface area contributed by atoms with E-state index >= 15 is 0 Å². The standard InChI is InChI=1S/C14H22N4O2S/c1-9-2-5-11(20-9)6-7-13(19)15-8-12-16-17-14(21)18(12)10-3-4-10/h9-11H,2-8H2,1H3,(H,15,19)(H,17,21)/t9-,11-/m0/s1. The van der Waals surface area contributed by atoms with Crippen molar-refractivity contribution in [3.05, 3.63) is 10.6 Å². The molecule has 3 rings (SSSR count). The molecule has 116 valence electrons. The molecule has 1 saturated heterocycles. The van der Waals surface area contributed by atoms with Crippen LogP contribution in [-0.4, -0.2) is 32.9 Å². The molecule has 0 unspecified atom stereocenters. The Hall–Kier alpha value is -1.21. The summed E-state index contributed by atoms with van der Waals surface area (Å²) in [7, 11) is 0.